The SMILES string of the molecule is COc1ccc(NC(=O)CNC(=O)CN(C(=O)c2ccc(C)c([N+](=O)[O-])c2)C(C)C)cc1. The number of nitro benzene ring substituents is 1. The summed E-state index contributed by atoms with van der Waals surface area (Å²) in [6.45, 7) is 4.46. The fraction of sp³-hybridized carbons (Fsp3) is 0.318. The summed E-state index contributed by atoms with van der Waals surface area (Å²) in [4.78, 5) is 49.2. The van der Waals surface area contributed by atoms with Crippen LogP contribution >= 0.6 is 0 Å². The van der Waals surface area contributed by atoms with E-state index in [1.807, 2.05) is 0 Å². The van der Waals surface area contributed by atoms with Gasteiger partial charge in [-0.25, -0.2) is 0 Å². The second kappa shape index (κ2) is 10.9. The van der Waals surface area contributed by atoms with Crippen LogP contribution in [0.15, 0.2) is 42.5 Å². The molecule has 0 aliphatic heterocycles. The van der Waals surface area contributed by atoms with Crippen LogP contribution in [0.25, 0.3) is 0 Å². The molecule has 0 aromatic heterocycles. The number of nitrogens with zero attached hydrogens (tertiary/aromatic N) is 2. The second-order valence-electron chi connectivity index (χ2n) is 7.34. The molecular formula is C22H26N4O6. The number of carbonyl (C=O) groups excluding carboxylic acids is 3. The number of anilines is 1. The Bertz CT molecular complexity index is 1000. The van der Waals surface area contributed by atoms with E-state index in [2.05, 4.69) is 10.6 Å². The van der Waals surface area contributed by atoms with E-state index >= 15 is 0 Å². The molecule has 0 spiro atoms. The number of ether oxygens (including phenoxy) is 1. The molecule has 0 aliphatic rings. The van der Waals surface area contributed by atoms with E-state index in [1.165, 1.54) is 30.2 Å². The minimum atomic E-state index is -0.556. The monoisotopic (exact) mass is 442 g/mol. The van der Waals surface area contributed by atoms with Crippen molar-refractivity contribution in [2.24, 2.45) is 0 Å². The lowest BCUT2D eigenvalue weighted by atomic mass is 10.1. The van der Waals surface area contributed by atoms with E-state index < -0.39 is 22.6 Å². The number of benzene rings is 2. The smallest absolute Gasteiger partial charge is 0.273 e. The molecule has 10 heteroatoms. The maximum Gasteiger partial charge on any atom is 0.273 e. The third-order valence-corrected chi connectivity index (χ3v) is 4.67. The first-order chi connectivity index (χ1) is 15.1. The van der Waals surface area contributed by atoms with Gasteiger partial charge in [0.2, 0.25) is 11.8 Å². The van der Waals surface area contributed by atoms with Crippen LogP contribution in [0.5, 0.6) is 5.75 Å². The molecule has 32 heavy (non-hydrogen) atoms. The molecule has 2 aromatic carbocycles. The highest BCUT2D eigenvalue weighted by atomic mass is 16.6. The van der Waals surface area contributed by atoms with Gasteiger partial charge in [-0.05, 0) is 51.1 Å². The molecule has 170 valence electrons. The Morgan fingerprint density at radius 3 is 2.31 bits per heavy atom. The van der Waals surface area contributed by atoms with Crippen LogP contribution in [0.4, 0.5) is 11.4 Å². The molecule has 2 aromatic rings. The van der Waals surface area contributed by atoms with Crippen molar-refractivity contribution >= 4 is 29.1 Å². The van der Waals surface area contributed by atoms with Crippen molar-refractivity contribution in [2.75, 3.05) is 25.5 Å². The molecule has 10 nitrogen and oxygen atoms in total. The molecule has 0 saturated heterocycles. The fourth-order valence-corrected chi connectivity index (χ4v) is 2.86. The van der Waals surface area contributed by atoms with Gasteiger partial charge in [-0.15, -0.1) is 0 Å². The molecular weight excluding hydrogens is 416 g/mol. The number of nitrogens with one attached hydrogen (secondary N) is 2. The van der Waals surface area contributed by atoms with Gasteiger partial charge in [0, 0.05) is 28.9 Å². The Labute approximate surface area is 185 Å². The number of amides is 3. The third-order valence-electron chi connectivity index (χ3n) is 4.67. The number of nitro groups is 1. The lowest BCUT2D eigenvalue weighted by molar-refractivity contribution is -0.385. The summed E-state index contributed by atoms with van der Waals surface area (Å²) in [5, 5.41) is 16.3. The molecule has 0 saturated carbocycles. The van der Waals surface area contributed by atoms with Crippen molar-refractivity contribution in [3.8, 4) is 5.75 Å². The lowest BCUT2D eigenvalue weighted by Gasteiger charge is -2.26. The minimum Gasteiger partial charge on any atom is -0.497 e. The topological polar surface area (TPSA) is 131 Å². The predicted molar refractivity (Wildman–Crippen MR) is 119 cm³/mol. The highest BCUT2D eigenvalue weighted by molar-refractivity contribution is 5.98. The van der Waals surface area contributed by atoms with Crippen molar-refractivity contribution < 1.29 is 24.0 Å². The molecule has 2 rings (SSSR count). The number of rotatable bonds is 9. The van der Waals surface area contributed by atoms with Crippen LogP contribution in [0.1, 0.15) is 29.8 Å². The van der Waals surface area contributed by atoms with Gasteiger partial charge < -0.3 is 20.3 Å². The number of methoxy groups -OCH3 is 1. The fourth-order valence-electron chi connectivity index (χ4n) is 2.86. The summed E-state index contributed by atoms with van der Waals surface area (Å²) in [6, 6.07) is 10.5. The molecule has 0 atom stereocenters. The van der Waals surface area contributed by atoms with Crippen LogP contribution in [-0.2, 0) is 9.59 Å². The van der Waals surface area contributed by atoms with Gasteiger partial charge in [0.1, 0.15) is 12.3 Å². The zero-order chi connectivity index (χ0) is 23.8. The van der Waals surface area contributed by atoms with E-state index in [0.29, 0.717) is 17.0 Å². The Morgan fingerprint density at radius 2 is 1.75 bits per heavy atom. The highest BCUT2D eigenvalue weighted by Gasteiger charge is 2.24. The summed E-state index contributed by atoms with van der Waals surface area (Å²) in [5.74, 6) is -0.826. The number of hydrogen-bond donors (Lipinski definition) is 2. The summed E-state index contributed by atoms with van der Waals surface area (Å²) >= 11 is 0. The Balaban J connectivity index is 1.97. The average molecular weight is 442 g/mol. The van der Waals surface area contributed by atoms with E-state index in [4.69, 9.17) is 4.74 Å². The third kappa shape index (κ3) is 6.53. The van der Waals surface area contributed by atoms with Crippen LogP contribution in [0.3, 0.4) is 0 Å². The van der Waals surface area contributed by atoms with Crippen molar-refractivity contribution in [3.05, 3.63) is 63.7 Å². The van der Waals surface area contributed by atoms with Crippen LogP contribution in [0.2, 0.25) is 0 Å². The summed E-state index contributed by atoms with van der Waals surface area (Å²) < 4.78 is 5.05. The standard InChI is InChI=1S/C22H26N4O6/c1-14(2)25(22(29)16-6-5-15(3)19(11-16)26(30)31)13-21(28)23-12-20(27)24-17-7-9-18(32-4)10-8-17/h5-11,14H,12-13H2,1-4H3,(H,23,28)(H,24,27). The van der Waals surface area contributed by atoms with Crippen LogP contribution in [-0.4, -0.2) is 53.8 Å². The van der Waals surface area contributed by atoms with Crippen molar-refractivity contribution in [2.45, 2.75) is 26.8 Å². The summed E-state index contributed by atoms with van der Waals surface area (Å²) in [5.41, 5.74) is 0.925. The van der Waals surface area contributed by atoms with E-state index in [0.717, 1.165) is 0 Å². The van der Waals surface area contributed by atoms with Crippen LogP contribution in [0, 0.1) is 17.0 Å². The van der Waals surface area contributed by atoms with Crippen molar-refractivity contribution in [1.29, 1.82) is 0 Å². The van der Waals surface area contributed by atoms with Gasteiger partial charge >= 0.3 is 0 Å². The average Bonchev–Trinajstić information content (AvgIpc) is 2.76. The minimum absolute atomic E-state index is 0.112. The van der Waals surface area contributed by atoms with Gasteiger partial charge in [-0.2, -0.15) is 0 Å². The van der Waals surface area contributed by atoms with Gasteiger partial charge in [0.25, 0.3) is 11.6 Å². The van der Waals surface area contributed by atoms with Gasteiger partial charge in [-0.3, -0.25) is 24.5 Å². The molecule has 0 radical (unpaired) electrons. The maximum absolute atomic E-state index is 12.9. The molecule has 2 N–H and O–H groups in total. The predicted octanol–water partition coefficient (Wildman–Crippen LogP) is 2.52. The van der Waals surface area contributed by atoms with Gasteiger partial charge in [-0.1, -0.05) is 6.07 Å². The quantitative estimate of drug-likeness (QED) is 0.453. The Kier molecular flexibility index (Phi) is 8.28. The number of carbonyl (C=O) groups is 3. The largest absolute Gasteiger partial charge is 0.497 e. The zero-order valence-corrected chi connectivity index (χ0v) is 18.4. The van der Waals surface area contributed by atoms with Gasteiger partial charge in [0.05, 0.1) is 18.6 Å². The van der Waals surface area contributed by atoms with E-state index in [1.54, 1.807) is 45.0 Å². The van der Waals surface area contributed by atoms with E-state index in [-0.39, 0.29) is 30.4 Å². The molecule has 0 fully saturated rings. The maximum atomic E-state index is 12.9. The summed E-state index contributed by atoms with van der Waals surface area (Å²) in [7, 11) is 1.54. The molecule has 0 heterocycles. The van der Waals surface area contributed by atoms with Crippen molar-refractivity contribution in [3.63, 3.8) is 0 Å². The summed E-state index contributed by atoms with van der Waals surface area (Å²) in [6.07, 6.45) is 0. The Morgan fingerprint density at radius 1 is 1.09 bits per heavy atom. The van der Waals surface area contributed by atoms with Crippen LogP contribution < -0.4 is 15.4 Å². The van der Waals surface area contributed by atoms with Gasteiger partial charge in [0.15, 0.2) is 0 Å². The first kappa shape index (κ1) is 24.3. The lowest BCUT2D eigenvalue weighted by Crippen LogP contribution is -2.45. The van der Waals surface area contributed by atoms with E-state index in [9.17, 15) is 24.5 Å². The first-order valence-electron chi connectivity index (χ1n) is 9.89. The Hall–Kier alpha value is -3.95. The zero-order valence-electron chi connectivity index (χ0n) is 18.4. The first-order valence-corrected chi connectivity index (χ1v) is 9.89. The number of aryl methyl sites for hydroxylation is 1. The molecule has 3 amide bonds. The normalized spacial score (nSPS) is 10.4. The van der Waals surface area contributed by atoms with Crippen molar-refractivity contribution in [1.82, 2.24) is 10.2 Å². The second-order valence-corrected chi connectivity index (χ2v) is 7.34. The number of hydrogen-bond acceptors (Lipinski definition) is 6. The highest BCUT2D eigenvalue weighted by Crippen LogP contribution is 2.21. The molecule has 0 bridgehead atoms. The molecule has 0 aliphatic carbocycles. The molecule has 0 unspecified atom stereocenters.